The Bertz CT molecular complexity index is 1160. The van der Waals surface area contributed by atoms with Crippen LogP contribution in [0.4, 0.5) is 18.9 Å². The van der Waals surface area contributed by atoms with Crippen molar-refractivity contribution in [1.29, 1.82) is 0 Å². The highest BCUT2D eigenvalue weighted by Gasteiger charge is 2.36. The van der Waals surface area contributed by atoms with E-state index in [2.05, 4.69) is 21.3 Å². The Balaban J connectivity index is 1.25. The van der Waals surface area contributed by atoms with Gasteiger partial charge in [-0.05, 0) is 29.8 Å². The van der Waals surface area contributed by atoms with Gasteiger partial charge in [-0.25, -0.2) is 4.79 Å². The number of ether oxygens (including phenoxy) is 2. The minimum absolute atomic E-state index is 0.0112. The SMILES string of the molecule is O=C(COC(=O)CO/N=C1\c2ccccc2C2C=CC=CC12)Nc1ccc(OC(F)(F)F)cc1. The highest BCUT2D eigenvalue weighted by Crippen LogP contribution is 2.41. The minimum atomic E-state index is -4.81. The smallest absolute Gasteiger partial charge is 0.453 e. The van der Waals surface area contributed by atoms with Crippen molar-refractivity contribution >= 4 is 23.3 Å². The summed E-state index contributed by atoms with van der Waals surface area (Å²) < 4.78 is 45.2. The Labute approximate surface area is 192 Å². The lowest BCUT2D eigenvalue weighted by Gasteiger charge is -2.15. The second kappa shape index (κ2) is 9.82. The molecule has 0 radical (unpaired) electrons. The second-order valence-corrected chi connectivity index (χ2v) is 7.44. The number of benzene rings is 2. The number of esters is 1. The Kier molecular flexibility index (Phi) is 6.67. The molecule has 1 amide bonds. The lowest BCUT2D eigenvalue weighted by Crippen LogP contribution is -2.23. The van der Waals surface area contributed by atoms with Crippen LogP contribution in [0.5, 0.6) is 5.75 Å². The molecule has 10 heteroatoms. The van der Waals surface area contributed by atoms with Crippen LogP contribution >= 0.6 is 0 Å². The summed E-state index contributed by atoms with van der Waals surface area (Å²) >= 11 is 0. The van der Waals surface area contributed by atoms with Crippen LogP contribution in [0.3, 0.4) is 0 Å². The number of oxime groups is 1. The summed E-state index contributed by atoms with van der Waals surface area (Å²) in [5.74, 6) is -1.72. The molecule has 0 aliphatic heterocycles. The number of allylic oxidation sites excluding steroid dienone is 4. The van der Waals surface area contributed by atoms with E-state index in [4.69, 9.17) is 9.57 Å². The van der Waals surface area contributed by atoms with Crippen LogP contribution in [0, 0.1) is 5.92 Å². The molecule has 4 rings (SSSR count). The van der Waals surface area contributed by atoms with Crippen LogP contribution in [-0.2, 0) is 19.2 Å². The normalized spacial score (nSPS) is 19.3. The summed E-state index contributed by atoms with van der Waals surface area (Å²) in [6, 6.07) is 12.4. The number of hydrogen-bond donors (Lipinski definition) is 1. The number of fused-ring (bicyclic) bond motifs is 3. The summed E-state index contributed by atoms with van der Waals surface area (Å²) in [6.07, 6.45) is 3.23. The first kappa shape index (κ1) is 23.1. The van der Waals surface area contributed by atoms with Gasteiger partial charge in [-0.3, -0.25) is 4.79 Å². The average Bonchev–Trinajstić information content (AvgIpc) is 3.12. The zero-order chi connectivity index (χ0) is 24.1. The fourth-order valence-corrected chi connectivity index (χ4v) is 3.76. The van der Waals surface area contributed by atoms with Gasteiger partial charge in [0.2, 0.25) is 6.61 Å². The zero-order valence-electron chi connectivity index (χ0n) is 17.6. The van der Waals surface area contributed by atoms with Crippen LogP contribution in [-0.4, -0.2) is 37.2 Å². The average molecular weight is 472 g/mol. The van der Waals surface area contributed by atoms with E-state index < -0.39 is 37.2 Å². The lowest BCUT2D eigenvalue weighted by atomic mass is 9.88. The fraction of sp³-hybridized carbons (Fsp3) is 0.208. The van der Waals surface area contributed by atoms with Crippen molar-refractivity contribution in [2.24, 2.45) is 11.1 Å². The van der Waals surface area contributed by atoms with Gasteiger partial charge in [0, 0.05) is 23.1 Å². The Morgan fingerprint density at radius 1 is 0.941 bits per heavy atom. The summed E-state index contributed by atoms with van der Waals surface area (Å²) in [4.78, 5) is 29.1. The Morgan fingerprint density at radius 3 is 2.38 bits per heavy atom. The van der Waals surface area contributed by atoms with Gasteiger partial charge >= 0.3 is 12.3 Å². The van der Waals surface area contributed by atoms with Crippen molar-refractivity contribution in [3.05, 3.63) is 84.0 Å². The molecule has 176 valence electrons. The standard InChI is InChI=1S/C24H19F3N2O5/c25-24(26,27)34-16-11-9-15(10-12-16)28-21(30)13-32-22(31)14-33-29-23-19-7-3-1-5-17(19)18-6-2-4-8-20(18)23/h1-12,17,19H,13-14H2,(H,28,30)/b29-23-. The van der Waals surface area contributed by atoms with Gasteiger partial charge < -0.3 is 19.6 Å². The first-order valence-corrected chi connectivity index (χ1v) is 10.3. The molecule has 0 saturated heterocycles. The van der Waals surface area contributed by atoms with E-state index in [0.717, 1.165) is 23.3 Å². The number of amides is 1. The van der Waals surface area contributed by atoms with Crippen LogP contribution < -0.4 is 10.1 Å². The highest BCUT2D eigenvalue weighted by molar-refractivity contribution is 6.08. The second-order valence-electron chi connectivity index (χ2n) is 7.44. The van der Waals surface area contributed by atoms with E-state index in [1.807, 2.05) is 42.5 Å². The molecule has 0 heterocycles. The third kappa shape index (κ3) is 5.64. The van der Waals surface area contributed by atoms with E-state index in [1.54, 1.807) is 0 Å². The maximum Gasteiger partial charge on any atom is 0.573 e. The predicted octanol–water partition coefficient (Wildman–Crippen LogP) is 4.33. The van der Waals surface area contributed by atoms with Gasteiger partial charge in [-0.15, -0.1) is 13.2 Å². The summed E-state index contributed by atoms with van der Waals surface area (Å²) in [5.41, 5.74) is 3.01. The van der Waals surface area contributed by atoms with Crippen molar-refractivity contribution in [3.63, 3.8) is 0 Å². The molecule has 0 aromatic heterocycles. The van der Waals surface area contributed by atoms with Gasteiger partial charge in [0.25, 0.3) is 5.91 Å². The topological polar surface area (TPSA) is 86.2 Å². The molecule has 2 aromatic carbocycles. The van der Waals surface area contributed by atoms with Crippen LogP contribution in [0.1, 0.15) is 17.0 Å². The van der Waals surface area contributed by atoms with E-state index >= 15 is 0 Å². The van der Waals surface area contributed by atoms with Crippen LogP contribution in [0.25, 0.3) is 0 Å². The molecule has 1 N–H and O–H groups in total. The van der Waals surface area contributed by atoms with Crippen LogP contribution in [0.15, 0.2) is 78.0 Å². The number of nitrogens with one attached hydrogen (secondary N) is 1. The van der Waals surface area contributed by atoms with E-state index in [1.165, 1.54) is 12.1 Å². The molecule has 2 unspecified atom stereocenters. The van der Waals surface area contributed by atoms with E-state index in [-0.39, 0.29) is 17.5 Å². The molecular weight excluding hydrogens is 453 g/mol. The molecule has 2 atom stereocenters. The number of hydrogen-bond acceptors (Lipinski definition) is 6. The van der Waals surface area contributed by atoms with Crippen LogP contribution in [0.2, 0.25) is 0 Å². The number of carbonyl (C=O) groups is 2. The Morgan fingerprint density at radius 2 is 1.65 bits per heavy atom. The summed E-state index contributed by atoms with van der Waals surface area (Å²) in [6.45, 7) is -1.08. The quantitative estimate of drug-likeness (QED) is 0.479. The van der Waals surface area contributed by atoms with Crippen molar-refractivity contribution in [2.75, 3.05) is 18.5 Å². The first-order chi connectivity index (χ1) is 16.3. The summed E-state index contributed by atoms with van der Waals surface area (Å²) in [7, 11) is 0. The number of anilines is 1. The fourth-order valence-electron chi connectivity index (χ4n) is 3.76. The maximum atomic E-state index is 12.2. The number of halogens is 3. The molecule has 0 bridgehead atoms. The monoisotopic (exact) mass is 472 g/mol. The highest BCUT2D eigenvalue weighted by atomic mass is 19.4. The third-order valence-corrected chi connectivity index (χ3v) is 5.13. The molecule has 0 spiro atoms. The van der Waals surface area contributed by atoms with Crippen molar-refractivity contribution < 1.29 is 37.1 Å². The molecule has 34 heavy (non-hydrogen) atoms. The summed E-state index contributed by atoms with van der Waals surface area (Å²) in [5, 5.41) is 6.55. The predicted molar refractivity (Wildman–Crippen MR) is 116 cm³/mol. The third-order valence-electron chi connectivity index (χ3n) is 5.13. The lowest BCUT2D eigenvalue weighted by molar-refractivity contribution is -0.274. The van der Waals surface area contributed by atoms with Gasteiger partial charge in [-0.1, -0.05) is 53.7 Å². The van der Waals surface area contributed by atoms with Gasteiger partial charge in [0.05, 0.1) is 5.71 Å². The molecule has 2 aliphatic carbocycles. The molecule has 7 nitrogen and oxygen atoms in total. The van der Waals surface area contributed by atoms with Gasteiger partial charge in [0.15, 0.2) is 6.61 Å². The molecule has 2 aliphatic rings. The first-order valence-electron chi connectivity index (χ1n) is 10.3. The minimum Gasteiger partial charge on any atom is -0.453 e. The number of carbonyl (C=O) groups excluding carboxylic acids is 2. The number of nitrogens with zero attached hydrogens (tertiary/aromatic N) is 1. The van der Waals surface area contributed by atoms with E-state index in [0.29, 0.717) is 5.71 Å². The van der Waals surface area contributed by atoms with Crippen molar-refractivity contribution in [3.8, 4) is 5.75 Å². The molecule has 2 aromatic rings. The van der Waals surface area contributed by atoms with Gasteiger partial charge in [0.1, 0.15) is 5.75 Å². The number of alkyl halides is 3. The molecule has 0 fully saturated rings. The number of rotatable bonds is 7. The van der Waals surface area contributed by atoms with Crippen molar-refractivity contribution in [1.82, 2.24) is 0 Å². The van der Waals surface area contributed by atoms with Crippen molar-refractivity contribution in [2.45, 2.75) is 12.3 Å². The van der Waals surface area contributed by atoms with E-state index in [9.17, 15) is 22.8 Å². The molecular formula is C24H19F3N2O5. The van der Waals surface area contributed by atoms with Gasteiger partial charge in [-0.2, -0.15) is 0 Å². The largest absolute Gasteiger partial charge is 0.573 e. The zero-order valence-corrected chi connectivity index (χ0v) is 17.6. The molecule has 0 saturated carbocycles. The Hall–Kier alpha value is -4.08. The maximum absolute atomic E-state index is 12.2.